The maximum Gasteiger partial charge on any atom is 0.355 e. The number of carboxylic acid groups (broad SMARTS) is 1. The number of carbonyl (C=O) groups is 1. The van der Waals surface area contributed by atoms with Crippen molar-refractivity contribution in [1.29, 1.82) is 0 Å². The first kappa shape index (κ1) is 22.1. The molecule has 32 heavy (non-hydrogen) atoms. The van der Waals surface area contributed by atoms with Crippen LogP contribution in [-0.4, -0.2) is 34.3 Å². The summed E-state index contributed by atoms with van der Waals surface area (Å²) in [5.41, 5.74) is 1.85. The first-order valence-corrected chi connectivity index (χ1v) is 12.3. The van der Waals surface area contributed by atoms with Crippen molar-refractivity contribution in [2.45, 2.75) is 11.3 Å². The van der Waals surface area contributed by atoms with E-state index in [9.17, 15) is 18.0 Å². The minimum Gasteiger partial charge on any atom is -0.476 e. The fraction of sp³-hybridized carbons (Fsp3) is 0.0500. The van der Waals surface area contributed by atoms with E-state index in [1.165, 1.54) is 22.2 Å². The van der Waals surface area contributed by atoms with Crippen LogP contribution >= 0.6 is 27.3 Å². The third-order valence-corrected chi connectivity index (χ3v) is 6.88. The van der Waals surface area contributed by atoms with Gasteiger partial charge < -0.3 is 5.11 Å². The number of H-pyrrole nitrogens is 1. The first-order valence-electron chi connectivity index (χ1n) is 9.04. The summed E-state index contributed by atoms with van der Waals surface area (Å²) in [7, 11) is -3.83. The molecule has 0 fully saturated rings. The molecule has 4 rings (SSSR count). The van der Waals surface area contributed by atoms with Gasteiger partial charge in [-0.3, -0.25) is 9.89 Å². The summed E-state index contributed by atoms with van der Waals surface area (Å²) in [4.78, 5) is 28.5. The zero-order valence-electron chi connectivity index (χ0n) is 16.1. The van der Waals surface area contributed by atoms with E-state index in [-0.39, 0.29) is 27.7 Å². The van der Waals surface area contributed by atoms with Crippen LogP contribution in [0.25, 0.3) is 16.4 Å². The van der Waals surface area contributed by atoms with Crippen molar-refractivity contribution < 1.29 is 18.3 Å². The zero-order chi connectivity index (χ0) is 23.0. The normalized spacial score (nSPS) is 11.6. The molecule has 2 heterocycles. The number of sulfonamides is 1. The summed E-state index contributed by atoms with van der Waals surface area (Å²) in [5.74, 6) is -1.19. The molecule has 164 valence electrons. The lowest BCUT2D eigenvalue weighted by Crippen LogP contribution is -2.17. The molecule has 4 N–H and O–H groups in total. The number of thiazole rings is 1. The predicted octanol–water partition coefficient (Wildman–Crippen LogP) is 2.99. The quantitative estimate of drug-likeness (QED) is 0.346. The molecule has 0 radical (unpaired) electrons. The van der Waals surface area contributed by atoms with Crippen molar-refractivity contribution >= 4 is 43.3 Å². The van der Waals surface area contributed by atoms with Crippen LogP contribution in [0.15, 0.2) is 68.1 Å². The van der Waals surface area contributed by atoms with E-state index in [2.05, 4.69) is 26.0 Å². The SMILES string of the molecule is NS(=O)(=O)c1ccc(Cc2c(-c3cccc(Br)c3)[nH]n(-c3nc(C(=O)O)cs3)c2=O)cc1. The topological polar surface area (TPSA) is 148 Å². The number of hydrogen-bond donors (Lipinski definition) is 3. The number of benzene rings is 2. The van der Waals surface area contributed by atoms with Gasteiger partial charge in [0.2, 0.25) is 15.2 Å². The van der Waals surface area contributed by atoms with Gasteiger partial charge >= 0.3 is 5.97 Å². The van der Waals surface area contributed by atoms with Gasteiger partial charge in [-0.2, -0.15) is 4.68 Å². The van der Waals surface area contributed by atoms with Gasteiger partial charge in [0.05, 0.1) is 10.6 Å². The predicted molar refractivity (Wildman–Crippen MR) is 123 cm³/mol. The van der Waals surface area contributed by atoms with Crippen molar-refractivity contribution in [3.05, 3.63) is 85.6 Å². The molecule has 0 aliphatic carbocycles. The van der Waals surface area contributed by atoms with Gasteiger partial charge in [-0.15, -0.1) is 11.3 Å². The third kappa shape index (κ3) is 4.43. The highest BCUT2D eigenvalue weighted by Gasteiger charge is 2.20. The Kier molecular flexibility index (Phi) is 5.86. The summed E-state index contributed by atoms with van der Waals surface area (Å²) in [6.45, 7) is 0. The van der Waals surface area contributed by atoms with Gasteiger partial charge in [0.15, 0.2) is 5.69 Å². The molecule has 0 amide bonds. The molecule has 0 saturated heterocycles. The molecule has 0 unspecified atom stereocenters. The third-order valence-electron chi connectivity index (χ3n) is 4.64. The van der Waals surface area contributed by atoms with E-state index in [4.69, 9.17) is 10.2 Å². The molecular weight excluding hydrogens is 520 g/mol. The van der Waals surface area contributed by atoms with Gasteiger partial charge in [-0.1, -0.05) is 40.2 Å². The summed E-state index contributed by atoms with van der Waals surface area (Å²) < 4.78 is 25.0. The largest absolute Gasteiger partial charge is 0.476 e. The lowest BCUT2D eigenvalue weighted by Gasteiger charge is -2.05. The summed E-state index contributed by atoms with van der Waals surface area (Å²) >= 11 is 4.45. The lowest BCUT2D eigenvalue weighted by molar-refractivity contribution is 0.0691. The van der Waals surface area contributed by atoms with Gasteiger partial charge in [-0.25, -0.2) is 23.3 Å². The Labute approximate surface area is 194 Å². The number of aromatic nitrogens is 3. The molecule has 12 heteroatoms. The monoisotopic (exact) mass is 534 g/mol. The zero-order valence-corrected chi connectivity index (χ0v) is 19.4. The van der Waals surface area contributed by atoms with Crippen LogP contribution in [0.2, 0.25) is 0 Å². The lowest BCUT2D eigenvalue weighted by atomic mass is 10.0. The summed E-state index contributed by atoms with van der Waals surface area (Å²) in [6, 6.07) is 13.3. The van der Waals surface area contributed by atoms with Crippen LogP contribution in [0.5, 0.6) is 0 Å². The van der Waals surface area contributed by atoms with Crippen molar-refractivity contribution in [1.82, 2.24) is 14.8 Å². The number of nitrogens with zero attached hydrogens (tertiary/aromatic N) is 2. The number of halogens is 1. The minimum atomic E-state index is -3.83. The van der Waals surface area contributed by atoms with Gasteiger partial charge in [0, 0.05) is 27.4 Å². The summed E-state index contributed by atoms with van der Waals surface area (Å²) in [5, 5.41) is 18.9. The van der Waals surface area contributed by atoms with E-state index in [0.29, 0.717) is 16.8 Å². The number of nitrogens with one attached hydrogen (secondary N) is 1. The highest BCUT2D eigenvalue weighted by Crippen LogP contribution is 2.26. The van der Waals surface area contributed by atoms with E-state index < -0.39 is 16.0 Å². The second-order valence-corrected chi connectivity index (χ2v) is 10.1. The number of rotatable bonds is 6. The Balaban J connectivity index is 1.83. The van der Waals surface area contributed by atoms with E-state index in [1.807, 2.05) is 24.3 Å². The second-order valence-electron chi connectivity index (χ2n) is 6.80. The molecule has 9 nitrogen and oxygen atoms in total. The van der Waals surface area contributed by atoms with Crippen LogP contribution in [0.3, 0.4) is 0 Å². The highest BCUT2D eigenvalue weighted by molar-refractivity contribution is 9.10. The van der Waals surface area contributed by atoms with Gasteiger partial charge in [0.25, 0.3) is 5.56 Å². The Morgan fingerprint density at radius 2 is 1.94 bits per heavy atom. The molecule has 2 aromatic heterocycles. The number of hydrogen-bond acceptors (Lipinski definition) is 6. The highest BCUT2D eigenvalue weighted by atomic mass is 79.9. The number of primary sulfonamides is 1. The Morgan fingerprint density at radius 3 is 2.53 bits per heavy atom. The van der Waals surface area contributed by atoms with Crippen molar-refractivity contribution in [3.8, 4) is 16.4 Å². The van der Waals surface area contributed by atoms with Crippen LogP contribution < -0.4 is 10.7 Å². The summed E-state index contributed by atoms with van der Waals surface area (Å²) in [6.07, 6.45) is 0.201. The molecule has 0 aliphatic rings. The smallest absolute Gasteiger partial charge is 0.355 e. The molecule has 0 saturated carbocycles. The number of carboxylic acids is 1. The van der Waals surface area contributed by atoms with Crippen LogP contribution in [-0.2, 0) is 16.4 Å². The maximum atomic E-state index is 13.3. The first-order chi connectivity index (χ1) is 15.1. The average Bonchev–Trinajstić information content (AvgIpc) is 3.34. The Hall–Kier alpha value is -3.06. The maximum absolute atomic E-state index is 13.3. The van der Waals surface area contributed by atoms with Crippen LogP contribution in [0.4, 0.5) is 0 Å². The van der Waals surface area contributed by atoms with Crippen molar-refractivity contribution in [2.75, 3.05) is 0 Å². The fourth-order valence-electron chi connectivity index (χ4n) is 3.12. The van der Waals surface area contributed by atoms with E-state index in [0.717, 1.165) is 21.4 Å². The minimum absolute atomic E-state index is 0.0241. The van der Waals surface area contributed by atoms with E-state index >= 15 is 0 Å². The fourth-order valence-corrected chi connectivity index (χ4v) is 4.79. The number of aromatic carboxylic acids is 1. The second kappa shape index (κ2) is 8.47. The molecule has 0 spiro atoms. The van der Waals surface area contributed by atoms with Gasteiger partial charge in [0.1, 0.15) is 0 Å². The molecular formula is C20H15BrN4O5S2. The molecule has 0 atom stereocenters. The molecule has 0 aliphatic heterocycles. The molecule has 2 aromatic carbocycles. The molecule has 4 aromatic rings. The Bertz CT molecular complexity index is 1490. The molecule has 0 bridgehead atoms. The van der Waals surface area contributed by atoms with Crippen LogP contribution in [0.1, 0.15) is 21.6 Å². The standard InChI is InChI=1S/C20H15BrN4O5S2/c21-13-3-1-2-12(9-13)17-15(8-11-4-6-14(7-5-11)32(22,29)30)18(26)25(24-17)20-23-16(10-31-20)19(27)28/h1-7,9-10,24H,8H2,(H,27,28)(H2,22,29,30). The average molecular weight is 535 g/mol. The Morgan fingerprint density at radius 1 is 1.22 bits per heavy atom. The van der Waals surface area contributed by atoms with E-state index in [1.54, 1.807) is 12.1 Å². The van der Waals surface area contributed by atoms with Crippen LogP contribution in [0, 0.1) is 0 Å². The van der Waals surface area contributed by atoms with Crippen molar-refractivity contribution in [2.24, 2.45) is 5.14 Å². The number of aromatic amines is 1. The number of nitrogens with two attached hydrogens (primary N) is 1. The van der Waals surface area contributed by atoms with Gasteiger partial charge in [-0.05, 0) is 29.8 Å². The van der Waals surface area contributed by atoms with Crippen molar-refractivity contribution in [3.63, 3.8) is 0 Å².